The lowest BCUT2D eigenvalue weighted by Crippen LogP contribution is -2.74. The molecule has 2 amide bonds. The number of anilines is 1. The van der Waals surface area contributed by atoms with Crippen LogP contribution in [0.5, 0.6) is 5.75 Å². The van der Waals surface area contributed by atoms with Crippen LogP contribution >= 0.6 is 11.3 Å². The minimum atomic E-state index is -0.967. The number of amides is 2. The number of hydrogen-bond donors (Lipinski definition) is 2. The molecule has 1 aromatic carbocycles. The van der Waals surface area contributed by atoms with Crippen molar-refractivity contribution in [3.05, 3.63) is 52.4 Å². The fraction of sp³-hybridized carbons (Fsp3) is 0.400. The molecule has 2 aromatic rings. The third-order valence-corrected chi connectivity index (χ3v) is 7.17. The van der Waals surface area contributed by atoms with Gasteiger partial charge in [0, 0.05) is 12.0 Å². The molecular formula is C25H27N5O8S. The number of nitrogens with two attached hydrogens (primary N) is 1. The fourth-order valence-electron chi connectivity index (χ4n) is 4.58. The number of carbonyl (C=O) groups is 3. The maximum absolute atomic E-state index is 13.3. The Kier molecular flexibility index (Phi) is 7.65. The molecular weight excluding hydrogens is 530 g/mol. The number of aromatic nitrogens is 1. The Hall–Kier alpha value is -4.17. The summed E-state index contributed by atoms with van der Waals surface area (Å²) in [6, 6.07) is 5.46. The predicted octanol–water partition coefficient (Wildman–Crippen LogP) is 0.944. The lowest BCUT2D eigenvalue weighted by Gasteiger charge is -2.50. The van der Waals surface area contributed by atoms with Crippen molar-refractivity contribution < 1.29 is 38.2 Å². The number of fused-ring (bicyclic) bond motifs is 1. The highest BCUT2D eigenvalue weighted by Crippen LogP contribution is 2.37. The molecule has 2 fully saturated rings. The molecule has 39 heavy (non-hydrogen) atoms. The van der Waals surface area contributed by atoms with Crippen LogP contribution in [0.25, 0.3) is 0 Å². The van der Waals surface area contributed by atoms with Gasteiger partial charge in [0.05, 0.1) is 7.11 Å². The first-order valence-corrected chi connectivity index (χ1v) is 13.0. The van der Waals surface area contributed by atoms with Gasteiger partial charge in [0.25, 0.3) is 11.8 Å². The van der Waals surface area contributed by atoms with Crippen molar-refractivity contribution in [3.63, 3.8) is 0 Å². The number of benzene rings is 1. The van der Waals surface area contributed by atoms with E-state index in [1.54, 1.807) is 36.8 Å². The summed E-state index contributed by atoms with van der Waals surface area (Å²) >= 11 is 1.13. The van der Waals surface area contributed by atoms with Crippen molar-refractivity contribution in [3.8, 4) is 5.75 Å². The Morgan fingerprint density at radius 2 is 2.08 bits per heavy atom. The number of oxime groups is 1. The second-order valence-electron chi connectivity index (χ2n) is 8.87. The summed E-state index contributed by atoms with van der Waals surface area (Å²) in [4.78, 5) is 49.8. The average molecular weight is 558 g/mol. The van der Waals surface area contributed by atoms with E-state index in [-0.39, 0.29) is 41.2 Å². The minimum Gasteiger partial charge on any atom is -0.497 e. The van der Waals surface area contributed by atoms with Crippen LogP contribution in [0.4, 0.5) is 5.13 Å². The number of rotatable bonds is 9. The predicted molar refractivity (Wildman–Crippen MR) is 137 cm³/mol. The van der Waals surface area contributed by atoms with E-state index in [1.807, 2.05) is 0 Å². The molecule has 3 aliphatic heterocycles. The standard InChI is InChI=1S/C25H27N5O8S/c1-34-14-7-5-13(6-8-14)10-38-24(33)20-21(17-4-3-9-36-17)37-11-16-19(23(32)30(16)20)28-22(31)18(29-35-2)15-12-39-25(26)27-15/h5-8,12,16-17,19H,3-4,9-11H2,1-2H3,(H2,26,27)(H,28,31)/t16-,17?,19+/m1/s1. The topological polar surface area (TPSA) is 164 Å². The van der Waals surface area contributed by atoms with Crippen molar-refractivity contribution in [1.82, 2.24) is 15.2 Å². The monoisotopic (exact) mass is 557 g/mol. The van der Waals surface area contributed by atoms with Crippen LogP contribution in [-0.2, 0) is 40.0 Å². The van der Waals surface area contributed by atoms with Gasteiger partial charge in [-0.1, -0.05) is 17.3 Å². The lowest BCUT2D eigenvalue weighted by molar-refractivity contribution is -0.163. The number of hydrogen-bond acceptors (Lipinski definition) is 12. The molecule has 0 spiro atoms. The third-order valence-electron chi connectivity index (χ3n) is 6.50. The highest BCUT2D eigenvalue weighted by molar-refractivity contribution is 7.13. The highest BCUT2D eigenvalue weighted by atomic mass is 32.1. The van der Waals surface area contributed by atoms with E-state index in [2.05, 4.69) is 15.5 Å². The fourth-order valence-corrected chi connectivity index (χ4v) is 5.13. The number of carbonyl (C=O) groups excluding carboxylic acids is 3. The first kappa shape index (κ1) is 26.4. The number of ether oxygens (including phenoxy) is 4. The second kappa shape index (κ2) is 11.3. The zero-order valence-corrected chi connectivity index (χ0v) is 22.1. The maximum atomic E-state index is 13.3. The zero-order chi connectivity index (χ0) is 27.5. The second-order valence-corrected chi connectivity index (χ2v) is 9.76. The molecule has 0 bridgehead atoms. The smallest absolute Gasteiger partial charge is 0.359 e. The molecule has 3 N–H and O–H groups in total. The Labute approximate surface area is 227 Å². The first-order valence-electron chi connectivity index (χ1n) is 12.2. The Morgan fingerprint density at radius 3 is 2.72 bits per heavy atom. The Morgan fingerprint density at radius 1 is 1.28 bits per heavy atom. The van der Waals surface area contributed by atoms with Crippen molar-refractivity contribution >= 4 is 40.0 Å². The molecule has 5 rings (SSSR count). The molecule has 0 saturated carbocycles. The first-order chi connectivity index (χ1) is 18.9. The number of nitrogens with one attached hydrogen (secondary N) is 1. The van der Waals surface area contributed by atoms with Crippen molar-refractivity contribution in [1.29, 1.82) is 0 Å². The quantitative estimate of drug-likeness (QED) is 0.196. The van der Waals surface area contributed by atoms with E-state index in [4.69, 9.17) is 29.5 Å². The maximum Gasteiger partial charge on any atom is 0.359 e. The molecule has 0 aliphatic carbocycles. The Bertz CT molecular complexity index is 1320. The molecule has 14 heteroatoms. The van der Waals surface area contributed by atoms with Crippen LogP contribution in [0.1, 0.15) is 24.1 Å². The number of methoxy groups -OCH3 is 1. The summed E-state index contributed by atoms with van der Waals surface area (Å²) in [5, 5.41) is 8.21. The molecule has 1 aromatic heterocycles. The van der Waals surface area contributed by atoms with Gasteiger partial charge in [0.2, 0.25) is 0 Å². The van der Waals surface area contributed by atoms with Crippen LogP contribution in [-0.4, -0.2) is 79.0 Å². The number of nitrogen functional groups attached to an aromatic ring is 1. The van der Waals surface area contributed by atoms with E-state index in [0.29, 0.717) is 18.8 Å². The number of esters is 1. The van der Waals surface area contributed by atoms with E-state index in [1.165, 1.54) is 12.0 Å². The van der Waals surface area contributed by atoms with Crippen LogP contribution in [0.2, 0.25) is 0 Å². The van der Waals surface area contributed by atoms with Gasteiger partial charge in [-0.25, -0.2) is 9.78 Å². The van der Waals surface area contributed by atoms with E-state index < -0.39 is 36.0 Å². The van der Waals surface area contributed by atoms with Crippen LogP contribution in [0.3, 0.4) is 0 Å². The zero-order valence-electron chi connectivity index (χ0n) is 21.2. The van der Waals surface area contributed by atoms with Crippen LogP contribution < -0.4 is 15.8 Å². The van der Waals surface area contributed by atoms with Crippen molar-refractivity contribution in [2.75, 3.05) is 33.2 Å². The Balaban J connectivity index is 1.33. The molecule has 2 saturated heterocycles. The van der Waals surface area contributed by atoms with Gasteiger partial charge in [-0.2, -0.15) is 0 Å². The largest absolute Gasteiger partial charge is 0.497 e. The SMILES string of the molecule is CON=C(C(=O)N[C@@H]1C(=O)N2C(C(=O)OCc3ccc(OC)cc3)=C(C3CCCO3)OC[C@H]12)c1csc(N)n1. The average Bonchev–Trinajstić information content (AvgIpc) is 3.64. The van der Waals surface area contributed by atoms with Gasteiger partial charge in [0.1, 0.15) is 50.0 Å². The minimum absolute atomic E-state index is 0.0137. The molecule has 206 valence electrons. The molecule has 3 aliphatic rings. The third kappa shape index (κ3) is 5.25. The molecule has 0 radical (unpaired) electrons. The van der Waals surface area contributed by atoms with Gasteiger partial charge in [-0.05, 0) is 30.5 Å². The van der Waals surface area contributed by atoms with Gasteiger partial charge in [-0.15, -0.1) is 11.3 Å². The van der Waals surface area contributed by atoms with Crippen LogP contribution in [0, 0.1) is 0 Å². The van der Waals surface area contributed by atoms with E-state index >= 15 is 0 Å². The number of nitrogens with zero attached hydrogens (tertiary/aromatic N) is 3. The van der Waals surface area contributed by atoms with E-state index in [0.717, 1.165) is 23.3 Å². The van der Waals surface area contributed by atoms with E-state index in [9.17, 15) is 14.4 Å². The summed E-state index contributed by atoms with van der Waals surface area (Å²) in [6.07, 6.45) is 0.974. The number of thiazole rings is 1. The molecule has 13 nitrogen and oxygen atoms in total. The summed E-state index contributed by atoms with van der Waals surface area (Å²) in [6.45, 7) is 0.553. The molecule has 4 heterocycles. The summed E-state index contributed by atoms with van der Waals surface area (Å²) in [5.74, 6) is -0.955. The highest BCUT2D eigenvalue weighted by Gasteiger charge is 2.56. The number of β-lactam (4-membered cyclic amide) rings is 1. The van der Waals surface area contributed by atoms with Gasteiger partial charge in [0.15, 0.2) is 22.3 Å². The van der Waals surface area contributed by atoms with Gasteiger partial charge in [-0.3, -0.25) is 14.5 Å². The van der Waals surface area contributed by atoms with Gasteiger partial charge >= 0.3 is 5.97 Å². The lowest BCUT2D eigenvalue weighted by atomic mass is 9.91. The summed E-state index contributed by atoms with van der Waals surface area (Å²) in [5.41, 5.74) is 6.48. The molecule has 3 atom stereocenters. The summed E-state index contributed by atoms with van der Waals surface area (Å²) in [7, 11) is 2.85. The molecule has 1 unspecified atom stereocenters. The van der Waals surface area contributed by atoms with Crippen molar-refractivity contribution in [2.24, 2.45) is 5.16 Å². The van der Waals surface area contributed by atoms with Crippen LogP contribution in [0.15, 0.2) is 46.3 Å². The summed E-state index contributed by atoms with van der Waals surface area (Å²) < 4.78 is 22.4. The van der Waals surface area contributed by atoms with Gasteiger partial charge < -0.3 is 34.8 Å². The normalized spacial score (nSPS) is 22.5. The van der Waals surface area contributed by atoms with Crippen molar-refractivity contribution in [2.45, 2.75) is 37.6 Å².